The van der Waals surface area contributed by atoms with Gasteiger partial charge in [-0.3, -0.25) is 14.4 Å². The molecule has 0 saturated heterocycles. The number of Topliss-reactive ketones (excluding diaryl/α,β-unsaturated/α-hetero) is 1. The number of rotatable bonds is 12. The lowest BCUT2D eigenvalue weighted by atomic mass is 9.92. The van der Waals surface area contributed by atoms with Crippen molar-refractivity contribution < 1.29 is 19.5 Å². The minimum atomic E-state index is -0.942. The lowest BCUT2D eigenvalue weighted by Crippen LogP contribution is -2.19. The summed E-state index contributed by atoms with van der Waals surface area (Å²) in [5.41, 5.74) is 4.24. The predicted octanol–water partition coefficient (Wildman–Crippen LogP) is 6.39. The highest BCUT2D eigenvalue weighted by Crippen LogP contribution is 2.24. The van der Waals surface area contributed by atoms with Crippen molar-refractivity contribution >= 4 is 23.3 Å². The van der Waals surface area contributed by atoms with Gasteiger partial charge in [-0.1, -0.05) is 80.1 Å². The monoisotopic (exact) mass is 457 g/mol. The largest absolute Gasteiger partial charge is 0.481 e. The van der Waals surface area contributed by atoms with Crippen LogP contribution in [0.3, 0.4) is 0 Å². The zero-order chi connectivity index (χ0) is 24.3. The molecule has 3 rings (SSSR count). The molecule has 0 heterocycles. The van der Waals surface area contributed by atoms with Gasteiger partial charge in [-0.25, -0.2) is 0 Å². The van der Waals surface area contributed by atoms with Crippen LogP contribution in [0.2, 0.25) is 0 Å². The van der Waals surface area contributed by atoms with Crippen molar-refractivity contribution in [1.29, 1.82) is 0 Å². The van der Waals surface area contributed by atoms with E-state index in [1.54, 1.807) is 12.1 Å². The fourth-order valence-electron chi connectivity index (χ4n) is 3.80. The first-order chi connectivity index (χ1) is 16.5. The van der Waals surface area contributed by atoms with Crippen molar-refractivity contribution in [2.24, 2.45) is 5.92 Å². The van der Waals surface area contributed by atoms with Gasteiger partial charge in [-0.15, -0.1) is 0 Å². The Balaban J connectivity index is 1.58. The Bertz CT molecular complexity index is 1090. The summed E-state index contributed by atoms with van der Waals surface area (Å²) in [4.78, 5) is 36.3. The van der Waals surface area contributed by atoms with Crippen molar-refractivity contribution in [2.75, 3.05) is 5.32 Å². The Kier molecular flexibility index (Phi) is 9.15. The number of nitrogens with one attached hydrogen (secondary N) is 1. The third-order valence-electron chi connectivity index (χ3n) is 5.87. The van der Waals surface area contributed by atoms with E-state index in [-0.39, 0.29) is 18.1 Å². The fraction of sp³-hybridized carbons (Fsp3) is 0.276. The Morgan fingerprint density at radius 1 is 0.853 bits per heavy atom. The Morgan fingerprint density at radius 2 is 1.47 bits per heavy atom. The maximum Gasteiger partial charge on any atom is 0.306 e. The molecule has 34 heavy (non-hydrogen) atoms. The molecule has 5 heteroatoms. The first-order valence-corrected chi connectivity index (χ1v) is 11.8. The van der Waals surface area contributed by atoms with E-state index in [0.717, 1.165) is 35.2 Å². The highest BCUT2D eigenvalue weighted by molar-refractivity contribution is 5.98. The van der Waals surface area contributed by atoms with Gasteiger partial charge in [-0.05, 0) is 48.1 Å². The van der Waals surface area contributed by atoms with Gasteiger partial charge in [0.15, 0.2) is 5.78 Å². The van der Waals surface area contributed by atoms with Crippen molar-refractivity contribution in [3.63, 3.8) is 0 Å². The SMILES string of the molecule is CCCCC(=O)Nc1ccc(-c2ccc(C(=O)C[C@H](CCc3ccccc3)C(=O)O)cc2)cc1. The maximum atomic E-state index is 12.7. The molecule has 0 aliphatic carbocycles. The fourth-order valence-corrected chi connectivity index (χ4v) is 3.80. The van der Waals surface area contributed by atoms with E-state index in [0.29, 0.717) is 24.8 Å². The van der Waals surface area contributed by atoms with Crippen LogP contribution < -0.4 is 5.32 Å². The summed E-state index contributed by atoms with van der Waals surface area (Å²) in [6.45, 7) is 2.05. The zero-order valence-electron chi connectivity index (χ0n) is 19.5. The van der Waals surface area contributed by atoms with E-state index >= 15 is 0 Å². The lowest BCUT2D eigenvalue weighted by molar-refractivity contribution is -0.141. The van der Waals surface area contributed by atoms with Crippen LogP contribution in [-0.4, -0.2) is 22.8 Å². The molecule has 3 aromatic rings. The molecule has 0 aliphatic rings. The highest BCUT2D eigenvalue weighted by atomic mass is 16.4. The number of ketones is 1. The number of amides is 1. The number of anilines is 1. The van der Waals surface area contributed by atoms with Gasteiger partial charge in [0.2, 0.25) is 5.91 Å². The molecule has 0 spiro atoms. The smallest absolute Gasteiger partial charge is 0.306 e. The number of unbranched alkanes of at least 4 members (excludes halogenated alkanes) is 1. The molecule has 1 atom stereocenters. The molecule has 176 valence electrons. The van der Waals surface area contributed by atoms with Gasteiger partial charge in [0.1, 0.15) is 0 Å². The van der Waals surface area contributed by atoms with E-state index < -0.39 is 11.9 Å². The number of hydrogen-bond acceptors (Lipinski definition) is 3. The number of carbonyl (C=O) groups is 3. The molecule has 0 saturated carbocycles. The van der Waals surface area contributed by atoms with E-state index in [4.69, 9.17) is 0 Å². The van der Waals surface area contributed by atoms with Gasteiger partial charge in [0.25, 0.3) is 0 Å². The van der Waals surface area contributed by atoms with Crippen LogP contribution in [0.1, 0.15) is 54.9 Å². The van der Waals surface area contributed by atoms with Crippen LogP contribution in [0.5, 0.6) is 0 Å². The minimum absolute atomic E-state index is 0.0147. The lowest BCUT2D eigenvalue weighted by Gasteiger charge is -2.12. The van der Waals surface area contributed by atoms with E-state index in [1.165, 1.54) is 0 Å². The van der Waals surface area contributed by atoms with Crippen molar-refractivity contribution in [1.82, 2.24) is 0 Å². The summed E-state index contributed by atoms with van der Waals surface area (Å²) in [6.07, 6.45) is 3.39. The molecular weight excluding hydrogens is 426 g/mol. The summed E-state index contributed by atoms with van der Waals surface area (Å²) >= 11 is 0. The summed E-state index contributed by atoms with van der Waals surface area (Å²) in [5, 5.41) is 12.5. The second kappa shape index (κ2) is 12.5. The number of aryl methyl sites for hydroxylation is 1. The molecule has 2 N–H and O–H groups in total. The number of hydrogen-bond donors (Lipinski definition) is 2. The molecule has 0 fully saturated rings. The maximum absolute atomic E-state index is 12.7. The van der Waals surface area contributed by atoms with E-state index in [2.05, 4.69) is 12.2 Å². The predicted molar refractivity (Wildman–Crippen MR) is 135 cm³/mol. The van der Waals surface area contributed by atoms with Crippen LogP contribution in [0.4, 0.5) is 5.69 Å². The molecule has 0 radical (unpaired) electrons. The van der Waals surface area contributed by atoms with Crippen LogP contribution in [-0.2, 0) is 16.0 Å². The second-order valence-corrected chi connectivity index (χ2v) is 8.49. The number of carboxylic acids is 1. The number of carbonyl (C=O) groups excluding carboxylic acids is 2. The summed E-state index contributed by atoms with van der Waals surface area (Å²) in [7, 11) is 0. The van der Waals surface area contributed by atoms with Gasteiger partial charge in [0, 0.05) is 24.1 Å². The van der Waals surface area contributed by atoms with Crippen molar-refractivity contribution in [2.45, 2.75) is 45.4 Å². The number of carboxylic acid groups (broad SMARTS) is 1. The third-order valence-corrected chi connectivity index (χ3v) is 5.87. The average Bonchev–Trinajstić information content (AvgIpc) is 2.86. The summed E-state index contributed by atoms with van der Waals surface area (Å²) in [6, 6.07) is 24.5. The van der Waals surface area contributed by atoms with Crippen LogP contribution in [0.15, 0.2) is 78.9 Å². The van der Waals surface area contributed by atoms with Crippen molar-refractivity contribution in [3.05, 3.63) is 90.0 Å². The zero-order valence-corrected chi connectivity index (χ0v) is 19.5. The standard InChI is InChI=1S/C29H31NO4/c1-2-3-9-28(32)30-26-18-16-23(17-19-26)22-12-14-24(15-13-22)27(31)20-25(29(33)34)11-10-21-7-5-4-6-8-21/h4-8,12-19,25H,2-3,9-11,20H2,1H3,(H,30,32)(H,33,34)/t25-/m0/s1. The van der Waals surface area contributed by atoms with Crippen LogP contribution in [0.25, 0.3) is 11.1 Å². The quantitative estimate of drug-likeness (QED) is 0.309. The highest BCUT2D eigenvalue weighted by Gasteiger charge is 2.22. The number of aliphatic carboxylic acids is 1. The summed E-state index contributed by atoms with van der Waals surface area (Å²) in [5.74, 6) is -1.81. The van der Waals surface area contributed by atoms with Gasteiger partial charge < -0.3 is 10.4 Å². The summed E-state index contributed by atoms with van der Waals surface area (Å²) < 4.78 is 0. The molecule has 0 aromatic heterocycles. The Morgan fingerprint density at radius 3 is 2.06 bits per heavy atom. The van der Waals surface area contributed by atoms with Crippen LogP contribution >= 0.6 is 0 Å². The van der Waals surface area contributed by atoms with Gasteiger partial charge in [-0.2, -0.15) is 0 Å². The average molecular weight is 458 g/mol. The molecule has 3 aromatic carbocycles. The third kappa shape index (κ3) is 7.41. The molecule has 5 nitrogen and oxygen atoms in total. The Hall–Kier alpha value is -3.73. The molecule has 0 unspecified atom stereocenters. The van der Waals surface area contributed by atoms with Gasteiger partial charge in [0.05, 0.1) is 5.92 Å². The van der Waals surface area contributed by atoms with Gasteiger partial charge >= 0.3 is 5.97 Å². The second-order valence-electron chi connectivity index (χ2n) is 8.49. The molecular formula is C29H31NO4. The normalized spacial score (nSPS) is 11.6. The van der Waals surface area contributed by atoms with E-state index in [1.807, 2.05) is 66.7 Å². The first-order valence-electron chi connectivity index (χ1n) is 11.8. The van der Waals surface area contributed by atoms with E-state index in [9.17, 15) is 19.5 Å². The molecule has 0 aliphatic heterocycles. The number of benzene rings is 3. The molecule has 1 amide bonds. The van der Waals surface area contributed by atoms with Crippen molar-refractivity contribution in [3.8, 4) is 11.1 Å². The topological polar surface area (TPSA) is 83.5 Å². The first kappa shape index (κ1) is 24.9. The van der Waals surface area contributed by atoms with Crippen LogP contribution in [0, 0.1) is 5.92 Å². The molecule has 0 bridgehead atoms. The minimum Gasteiger partial charge on any atom is -0.481 e. The Labute approximate surface area is 200 Å².